The number of hydrogen-bond acceptors (Lipinski definition) is 3. The van der Waals surface area contributed by atoms with Crippen LogP contribution >= 0.6 is 27.5 Å². The number of rotatable bonds is 4. The molecule has 0 fully saturated rings. The molecular weight excluding hydrogens is 307 g/mol. The second-order valence-electron chi connectivity index (χ2n) is 4.26. The number of methoxy groups -OCH3 is 1. The number of amides is 1. The van der Waals surface area contributed by atoms with E-state index in [0.717, 1.165) is 0 Å². The molecule has 0 bridgehead atoms. The predicted molar refractivity (Wildman–Crippen MR) is 70.4 cm³/mol. The highest BCUT2D eigenvalue weighted by atomic mass is 79.9. The lowest BCUT2D eigenvalue weighted by Gasteiger charge is -2.25. The van der Waals surface area contributed by atoms with Gasteiger partial charge in [-0.25, -0.2) is 4.98 Å². The molecule has 0 saturated heterocycles. The molecule has 0 atom stereocenters. The van der Waals surface area contributed by atoms with Crippen LogP contribution in [0.1, 0.15) is 24.2 Å². The molecule has 0 aliphatic carbocycles. The summed E-state index contributed by atoms with van der Waals surface area (Å²) < 4.78 is 5.73. The largest absolute Gasteiger partial charge is 0.382 e. The minimum atomic E-state index is -0.461. The topological polar surface area (TPSA) is 51.2 Å². The normalized spacial score (nSPS) is 11.4. The van der Waals surface area contributed by atoms with Gasteiger partial charge in [0.25, 0.3) is 5.91 Å². The van der Waals surface area contributed by atoms with E-state index in [0.29, 0.717) is 16.6 Å². The van der Waals surface area contributed by atoms with Gasteiger partial charge in [-0.1, -0.05) is 11.6 Å². The van der Waals surface area contributed by atoms with Crippen molar-refractivity contribution in [1.29, 1.82) is 0 Å². The maximum absolute atomic E-state index is 12.0. The molecule has 6 heteroatoms. The fourth-order valence-electron chi connectivity index (χ4n) is 1.35. The lowest BCUT2D eigenvalue weighted by atomic mass is 10.1. The molecule has 94 valence electrons. The fraction of sp³-hybridized carbons (Fsp3) is 0.455. The van der Waals surface area contributed by atoms with Gasteiger partial charge in [-0.3, -0.25) is 4.79 Å². The molecule has 1 aromatic rings. The molecule has 1 N–H and O–H groups in total. The van der Waals surface area contributed by atoms with Crippen molar-refractivity contribution in [3.8, 4) is 0 Å². The zero-order valence-corrected chi connectivity index (χ0v) is 12.2. The summed E-state index contributed by atoms with van der Waals surface area (Å²) in [4.78, 5) is 15.9. The van der Waals surface area contributed by atoms with Crippen molar-refractivity contribution in [3.63, 3.8) is 0 Å². The van der Waals surface area contributed by atoms with Crippen LogP contribution < -0.4 is 5.32 Å². The fourth-order valence-corrected chi connectivity index (χ4v) is 1.87. The Kier molecular flexibility index (Phi) is 4.91. The number of aromatic nitrogens is 1. The third-order valence-electron chi connectivity index (χ3n) is 2.01. The second kappa shape index (κ2) is 5.80. The summed E-state index contributed by atoms with van der Waals surface area (Å²) in [5.74, 6) is -0.272. The van der Waals surface area contributed by atoms with E-state index < -0.39 is 5.54 Å². The molecule has 4 nitrogen and oxygen atoms in total. The summed E-state index contributed by atoms with van der Waals surface area (Å²) in [6, 6.07) is 1.63. The van der Waals surface area contributed by atoms with E-state index >= 15 is 0 Å². The summed E-state index contributed by atoms with van der Waals surface area (Å²) in [7, 11) is 1.58. The van der Waals surface area contributed by atoms with Crippen molar-refractivity contribution in [1.82, 2.24) is 10.3 Å². The van der Waals surface area contributed by atoms with E-state index in [-0.39, 0.29) is 11.1 Å². The van der Waals surface area contributed by atoms with Crippen LogP contribution in [0, 0.1) is 0 Å². The lowest BCUT2D eigenvalue weighted by Crippen LogP contribution is -2.46. The molecule has 1 aromatic heterocycles. The van der Waals surface area contributed by atoms with Gasteiger partial charge in [0.15, 0.2) is 0 Å². The summed E-state index contributed by atoms with van der Waals surface area (Å²) in [6.45, 7) is 4.15. The summed E-state index contributed by atoms with van der Waals surface area (Å²) in [5, 5.41) is 3.01. The van der Waals surface area contributed by atoms with Crippen molar-refractivity contribution in [2.75, 3.05) is 13.7 Å². The predicted octanol–water partition coefficient (Wildman–Crippen LogP) is 2.65. The molecular formula is C11H14BrClN2O2. The molecule has 1 rings (SSSR count). The number of nitrogens with one attached hydrogen (secondary N) is 1. The first kappa shape index (κ1) is 14.4. The first-order chi connectivity index (χ1) is 7.85. The van der Waals surface area contributed by atoms with Crippen molar-refractivity contribution in [2.45, 2.75) is 19.4 Å². The summed E-state index contributed by atoms with van der Waals surface area (Å²) in [5.41, 5.74) is -0.123. The Morgan fingerprint density at radius 2 is 2.29 bits per heavy atom. The number of nitrogens with zero attached hydrogens (tertiary/aromatic N) is 1. The Balaban J connectivity index is 2.86. The molecule has 0 radical (unpaired) electrons. The van der Waals surface area contributed by atoms with Crippen LogP contribution in [-0.2, 0) is 4.74 Å². The van der Waals surface area contributed by atoms with Gasteiger partial charge in [0, 0.05) is 17.8 Å². The SMILES string of the molecule is COCC(C)(C)NC(=O)c1cc(Br)cnc1Cl. The molecule has 1 amide bonds. The van der Waals surface area contributed by atoms with Gasteiger partial charge in [-0.2, -0.15) is 0 Å². The Bertz CT molecular complexity index is 424. The van der Waals surface area contributed by atoms with Crippen LogP contribution in [0.5, 0.6) is 0 Å². The van der Waals surface area contributed by atoms with E-state index in [1.54, 1.807) is 19.4 Å². The van der Waals surface area contributed by atoms with Crippen LogP contribution in [-0.4, -0.2) is 30.1 Å². The lowest BCUT2D eigenvalue weighted by molar-refractivity contribution is 0.0819. The Hall–Kier alpha value is -0.650. The molecule has 0 aliphatic heterocycles. The molecule has 0 saturated carbocycles. The van der Waals surface area contributed by atoms with Crippen LogP contribution in [0.3, 0.4) is 0 Å². The minimum absolute atomic E-state index is 0.180. The van der Waals surface area contributed by atoms with Gasteiger partial charge < -0.3 is 10.1 Å². The number of ether oxygens (including phenoxy) is 1. The molecule has 0 spiro atoms. The molecule has 0 unspecified atom stereocenters. The number of halogens is 2. The average Bonchev–Trinajstić information content (AvgIpc) is 2.20. The van der Waals surface area contributed by atoms with Crippen molar-refractivity contribution >= 4 is 33.4 Å². The first-order valence-corrected chi connectivity index (χ1v) is 6.15. The smallest absolute Gasteiger partial charge is 0.254 e. The highest BCUT2D eigenvalue weighted by molar-refractivity contribution is 9.10. The van der Waals surface area contributed by atoms with Crippen LogP contribution in [0.15, 0.2) is 16.7 Å². The third kappa shape index (κ3) is 4.26. The maximum Gasteiger partial charge on any atom is 0.254 e. The van der Waals surface area contributed by atoms with Gasteiger partial charge in [0.05, 0.1) is 17.7 Å². The zero-order chi connectivity index (χ0) is 13.1. The first-order valence-electron chi connectivity index (χ1n) is 4.98. The average molecular weight is 322 g/mol. The monoisotopic (exact) mass is 320 g/mol. The van der Waals surface area contributed by atoms with Crippen molar-refractivity contribution in [2.24, 2.45) is 0 Å². The van der Waals surface area contributed by atoms with Crippen molar-refractivity contribution in [3.05, 3.63) is 27.5 Å². The van der Waals surface area contributed by atoms with Gasteiger partial charge in [0.1, 0.15) is 5.15 Å². The number of carbonyl (C=O) groups excluding carboxylic acids is 1. The molecule has 1 heterocycles. The maximum atomic E-state index is 12.0. The van der Waals surface area contributed by atoms with E-state index in [4.69, 9.17) is 16.3 Å². The quantitative estimate of drug-likeness (QED) is 0.867. The van der Waals surface area contributed by atoms with Gasteiger partial charge in [0.2, 0.25) is 0 Å². The standard InChI is InChI=1S/C11H14BrClN2O2/c1-11(2,6-17-3)15-10(16)8-4-7(12)5-14-9(8)13/h4-5H,6H2,1-3H3,(H,15,16). The Morgan fingerprint density at radius 3 is 2.88 bits per heavy atom. The summed E-state index contributed by atoms with van der Waals surface area (Å²) >= 11 is 9.12. The van der Waals surface area contributed by atoms with E-state index in [1.807, 2.05) is 13.8 Å². The van der Waals surface area contributed by atoms with Gasteiger partial charge in [-0.15, -0.1) is 0 Å². The summed E-state index contributed by atoms with van der Waals surface area (Å²) in [6.07, 6.45) is 1.54. The Labute approximate surface area is 114 Å². The van der Waals surface area contributed by atoms with E-state index in [1.165, 1.54) is 0 Å². The zero-order valence-electron chi connectivity index (χ0n) is 9.88. The Morgan fingerprint density at radius 1 is 1.65 bits per heavy atom. The number of carbonyl (C=O) groups is 1. The van der Waals surface area contributed by atoms with Gasteiger partial charge >= 0.3 is 0 Å². The number of pyridine rings is 1. The molecule has 0 aliphatic rings. The second-order valence-corrected chi connectivity index (χ2v) is 5.54. The highest BCUT2D eigenvalue weighted by Gasteiger charge is 2.22. The van der Waals surface area contributed by atoms with E-state index in [9.17, 15) is 4.79 Å². The van der Waals surface area contributed by atoms with E-state index in [2.05, 4.69) is 26.2 Å². The minimum Gasteiger partial charge on any atom is -0.382 e. The van der Waals surface area contributed by atoms with Crippen LogP contribution in [0.25, 0.3) is 0 Å². The van der Waals surface area contributed by atoms with Crippen LogP contribution in [0.4, 0.5) is 0 Å². The third-order valence-corrected chi connectivity index (χ3v) is 2.74. The molecule has 0 aromatic carbocycles. The highest BCUT2D eigenvalue weighted by Crippen LogP contribution is 2.18. The van der Waals surface area contributed by atoms with Crippen LogP contribution in [0.2, 0.25) is 5.15 Å². The number of hydrogen-bond donors (Lipinski definition) is 1. The van der Waals surface area contributed by atoms with Crippen molar-refractivity contribution < 1.29 is 9.53 Å². The molecule has 17 heavy (non-hydrogen) atoms. The van der Waals surface area contributed by atoms with Gasteiger partial charge in [-0.05, 0) is 35.8 Å².